The van der Waals surface area contributed by atoms with E-state index in [1.54, 1.807) is 0 Å². The quantitative estimate of drug-likeness (QED) is 0.467. The summed E-state index contributed by atoms with van der Waals surface area (Å²) in [7, 11) is -2.54. The van der Waals surface area contributed by atoms with Gasteiger partial charge in [0, 0.05) is 5.69 Å². The molecule has 0 radical (unpaired) electrons. The van der Waals surface area contributed by atoms with Gasteiger partial charge in [0.1, 0.15) is 5.69 Å². The molecular weight excluding hydrogens is 294 g/mol. The maximum Gasteiger partial charge on any atom is 0.284 e. The zero-order valence-electron chi connectivity index (χ0n) is 11.1. The lowest BCUT2D eigenvalue weighted by atomic mass is 10.3. The highest BCUT2D eigenvalue weighted by Crippen LogP contribution is 2.15. The van der Waals surface area contributed by atoms with E-state index in [0.717, 1.165) is 0 Å². The third-order valence-corrected chi connectivity index (χ3v) is 3.79. The molecule has 0 amide bonds. The van der Waals surface area contributed by atoms with E-state index in [9.17, 15) is 8.42 Å². The summed E-state index contributed by atoms with van der Waals surface area (Å²) >= 11 is 0. The zero-order chi connectivity index (χ0) is 15.5. The van der Waals surface area contributed by atoms with Gasteiger partial charge >= 0.3 is 0 Å². The summed E-state index contributed by atoms with van der Waals surface area (Å²) < 4.78 is 32.6. The molecule has 0 aliphatic rings. The number of hydrogen-bond acceptors (Lipinski definition) is 6. The monoisotopic (exact) mass is 307 g/mol. The molecule has 1 heterocycles. The number of sulfonamides is 1. The van der Waals surface area contributed by atoms with Crippen LogP contribution < -0.4 is 16.2 Å². The first kappa shape index (κ1) is 14.7. The highest BCUT2D eigenvalue weighted by molar-refractivity contribution is 7.90. The largest absolute Gasteiger partial charge is 0.480 e. The van der Waals surface area contributed by atoms with Gasteiger partial charge in [-0.1, -0.05) is 0 Å². The maximum atomic E-state index is 12.1. The second kappa shape index (κ2) is 5.75. The van der Waals surface area contributed by atoms with Crippen LogP contribution in [0.25, 0.3) is 0 Å². The molecule has 110 valence electrons. The van der Waals surface area contributed by atoms with Crippen LogP contribution in [0, 0.1) is 0 Å². The molecule has 0 fully saturated rings. The van der Waals surface area contributed by atoms with Crippen molar-refractivity contribution in [2.45, 2.75) is 4.90 Å². The smallest absolute Gasteiger partial charge is 0.284 e. The van der Waals surface area contributed by atoms with Gasteiger partial charge in [-0.25, -0.2) is 4.98 Å². The number of nitrogen functional groups attached to an aromatic ring is 1. The average Bonchev–Trinajstić information content (AvgIpc) is 2.47. The first-order chi connectivity index (χ1) is 9.92. The van der Waals surface area contributed by atoms with E-state index in [2.05, 4.69) is 14.4 Å². The predicted octanol–water partition coefficient (Wildman–Crippen LogP) is 0.162. The topological polar surface area (TPSA) is 134 Å². The summed E-state index contributed by atoms with van der Waals surface area (Å²) in [6.07, 6.45) is 2.66. The fourth-order valence-corrected chi connectivity index (χ4v) is 2.38. The van der Waals surface area contributed by atoms with Crippen LogP contribution in [0.2, 0.25) is 0 Å². The molecule has 1 aromatic heterocycles. The van der Waals surface area contributed by atoms with Crippen molar-refractivity contribution in [3.63, 3.8) is 0 Å². The predicted molar refractivity (Wildman–Crippen MR) is 77.3 cm³/mol. The van der Waals surface area contributed by atoms with Crippen molar-refractivity contribution in [1.29, 1.82) is 0 Å². The number of hydrogen-bond donors (Lipinski definition) is 2. The second-order valence-electron chi connectivity index (χ2n) is 3.97. The Labute approximate surface area is 121 Å². The number of nitrogens with two attached hydrogens (primary N) is 2. The van der Waals surface area contributed by atoms with Gasteiger partial charge in [-0.05, 0) is 24.3 Å². The summed E-state index contributed by atoms with van der Waals surface area (Å²) in [4.78, 5) is 7.77. The number of aromatic nitrogens is 2. The number of amidine groups is 1. The van der Waals surface area contributed by atoms with E-state index in [1.807, 2.05) is 0 Å². The van der Waals surface area contributed by atoms with Crippen LogP contribution in [-0.2, 0) is 10.0 Å². The van der Waals surface area contributed by atoms with Crippen LogP contribution in [0.1, 0.15) is 5.69 Å². The normalized spacial score (nSPS) is 12.1. The molecule has 0 saturated carbocycles. The average molecular weight is 307 g/mol. The molecule has 21 heavy (non-hydrogen) atoms. The van der Waals surface area contributed by atoms with E-state index in [-0.39, 0.29) is 22.3 Å². The summed E-state index contributed by atoms with van der Waals surface area (Å²) in [6, 6.07) is 5.62. The van der Waals surface area contributed by atoms with E-state index in [1.165, 1.54) is 43.8 Å². The number of methoxy groups -OCH3 is 1. The third kappa shape index (κ3) is 3.45. The molecular formula is C12H13N5O3S. The Hall–Kier alpha value is -2.68. The SMILES string of the molecule is COc1cncc(C(N)=NS(=O)(=O)c2ccc(N)cc2)n1. The molecule has 0 aliphatic heterocycles. The Morgan fingerprint density at radius 1 is 1.24 bits per heavy atom. The number of nitrogens with zero attached hydrogens (tertiary/aromatic N) is 3. The number of anilines is 1. The van der Waals surface area contributed by atoms with Crippen molar-refractivity contribution in [3.8, 4) is 5.88 Å². The van der Waals surface area contributed by atoms with Gasteiger partial charge in [0.2, 0.25) is 5.88 Å². The standard InChI is InChI=1S/C12H13N5O3S/c1-20-11-7-15-6-10(16-11)12(14)17-21(18,19)9-4-2-8(13)3-5-9/h2-7H,13H2,1H3,(H2,14,17). The first-order valence-electron chi connectivity index (χ1n) is 5.75. The minimum Gasteiger partial charge on any atom is -0.480 e. The van der Waals surface area contributed by atoms with Crippen LogP contribution >= 0.6 is 0 Å². The number of ether oxygens (including phenoxy) is 1. The van der Waals surface area contributed by atoms with Crippen molar-refractivity contribution in [2.24, 2.45) is 10.1 Å². The van der Waals surface area contributed by atoms with Crippen LogP contribution in [0.3, 0.4) is 0 Å². The van der Waals surface area contributed by atoms with Crippen LogP contribution in [0.5, 0.6) is 5.88 Å². The third-order valence-electron chi connectivity index (χ3n) is 2.48. The molecule has 9 heteroatoms. The molecule has 0 spiro atoms. The Morgan fingerprint density at radius 2 is 1.90 bits per heavy atom. The zero-order valence-corrected chi connectivity index (χ0v) is 11.9. The van der Waals surface area contributed by atoms with Crippen LogP contribution in [0.4, 0.5) is 5.69 Å². The van der Waals surface area contributed by atoms with Gasteiger partial charge in [-0.3, -0.25) is 4.98 Å². The first-order valence-corrected chi connectivity index (χ1v) is 7.19. The molecule has 8 nitrogen and oxygen atoms in total. The van der Waals surface area contributed by atoms with E-state index in [4.69, 9.17) is 16.2 Å². The highest BCUT2D eigenvalue weighted by Gasteiger charge is 2.15. The molecule has 1 aromatic carbocycles. The Bertz CT molecular complexity index is 772. The van der Waals surface area contributed by atoms with Gasteiger partial charge in [-0.2, -0.15) is 8.42 Å². The molecule has 4 N–H and O–H groups in total. The second-order valence-corrected chi connectivity index (χ2v) is 5.57. The minimum atomic E-state index is -3.95. The van der Waals surface area contributed by atoms with Crippen molar-refractivity contribution >= 4 is 21.5 Å². The molecule has 0 saturated heterocycles. The van der Waals surface area contributed by atoms with Gasteiger partial charge < -0.3 is 16.2 Å². The maximum absolute atomic E-state index is 12.1. The fraction of sp³-hybridized carbons (Fsp3) is 0.0833. The molecule has 0 aliphatic carbocycles. The van der Waals surface area contributed by atoms with E-state index >= 15 is 0 Å². The molecule has 0 bridgehead atoms. The van der Waals surface area contributed by atoms with Gasteiger partial charge in [0.15, 0.2) is 5.84 Å². The van der Waals surface area contributed by atoms with Gasteiger partial charge in [0.25, 0.3) is 10.0 Å². The summed E-state index contributed by atoms with van der Waals surface area (Å²) in [5.74, 6) is -0.0752. The molecule has 2 aromatic rings. The molecule has 0 atom stereocenters. The fourth-order valence-electron chi connectivity index (χ4n) is 1.44. The lowest BCUT2D eigenvalue weighted by molar-refractivity contribution is 0.395. The molecule has 2 rings (SSSR count). The van der Waals surface area contributed by atoms with Crippen molar-refractivity contribution in [2.75, 3.05) is 12.8 Å². The van der Waals surface area contributed by atoms with E-state index in [0.29, 0.717) is 5.69 Å². The molecule has 0 unspecified atom stereocenters. The summed E-state index contributed by atoms with van der Waals surface area (Å²) in [5.41, 5.74) is 11.7. The van der Waals surface area contributed by atoms with Crippen LogP contribution in [-0.4, -0.2) is 31.3 Å². The Morgan fingerprint density at radius 3 is 2.52 bits per heavy atom. The van der Waals surface area contributed by atoms with Crippen molar-refractivity contribution < 1.29 is 13.2 Å². The van der Waals surface area contributed by atoms with Gasteiger partial charge in [-0.15, -0.1) is 4.40 Å². The highest BCUT2D eigenvalue weighted by atomic mass is 32.2. The summed E-state index contributed by atoms with van der Waals surface area (Å²) in [6.45, 7) is 0. The Kier molecular flexibility index (Phi) is 4.03. The number of rotatable bonds is 4. The van der Waals surface area contributed by atoms with E-state index < -0.39 is 10.0 Å². The minimum absolute atomic E-state index is 0.0181. The lowest BCUT2D eigenvalue weighted by Crippen LogP contribution is -2.18. The van der Waals surface area contributed by atoms with Crippen LogP contribution in [0.15, 0.2) is 46.0 Å². The van der Waals surface area contributed by atoms with Crippen molar-refractivity contribution in [3.05, 3.63) is 42.4 Å². The Balaban J connectivity index is 2.38. The van der Waals surface area contributed by atoms with Crippen molar-refractivity contribution in [1.82, 2.24) is 9.97 Å². The van der Waals surface area contributed by atoms with Gasteiger partial charge in [0.05, 0.1) is 24.4 Å². The number of benzene rings is 1. The lowest BCUT2D eigenvalue weighted by Gasteiger charge is -2.03. The summed E-state index contributed by atoms with van der Waals surface area (Å²) in [5, 5.41) is 0.